The Morgan fingerprint density at radius 1 is 0.894 bits per heavy atom. The number of amides is 5. The summed E-state index contributed by atoms with van der Waals surface area (Å²) in [5.74, 6) is -5.43. The third-order valence-electron chi connectivity index (χ3n) is 6.48. The standard InChI is InChI=1S/C28H44N9O10/c1-15(23(42)37-20(12-28(2,3)47-46)25(44)34-14-22(40)41)35-26(45)19(11-16-6-8-17(38)9-7-16)36-21(39)13-33-24(43)18(29)5-4-10-32-27(30)31/h6-9,15,18-20,38H,4-5,10-14,29H2,1-3H3,(H,33,43)(H,34,44)(H,35,45)(H,36,39)(H,37,42)(H,40,41)(H4,30,31,32)/t15-,18-,19-,20-/m0/s1. The van der Waals surface area contributed by atoms with Crippen LogP contribution in [-0.2, 0) is 45.3 Å². The number of phenols is 1. The van der Waals surface area contributed by atoms with Crippen molar-refractivity contribution in [2.45, 2.75) is 76.2 Å². The van der Waals surface area contributed by atoms with Crippen molar-refractivity contribution in [1.29, 1.82) is 0 Å². The molecule has 1 aromatic rings. The van der Waals surface area contributed by atoms with E-state index in [4.69, 9.17) is 22.3 Å². The lowest BCUT2D eigenvalue weighted by atomic mass is 9.98. The first-order valence-electron chi connectivity index (χ1n) is 14.5. The van der Waals surface area contributed by atoms with Crippen molar-refractivity contribution in [2.75, 3.05) is 19.6 Å². The number of benzene rings is 1. The molecule has 0 aliphatic carbocycles. The fraction of sp³-hybridized carbons (Fsp3) is 0.536. The fourth-order valence-electron chi connectivity index (χ4n) is 3.97. The number of guanidine groups is 1. The number of aliphatic carboxylic acids is 1. The molecule has 0 bridgehead atoms. The molecule has 0 unspecified atom stereocenters. The van der Waals surface area contributed by atoms with Crippen molar-refractivity contribution >= 4 is 41.5 Å². The van der Waals surface area contributed by atoms with Gasteiger partial charge in [0.25, 0.3) is 0 Å². The molecule has 1 rings (SSSR count). The molecular formula is C28H44N9O10. The number of phenolic OH excluding ortho intramolecular Hbond substituents is 1. The summed E-state index contributed by atoms with van der Waals surface area (Å²) in [6.45, 7) is 3.00. The quantitative estimate of drug-likeness (QED) is 0.0214. The predicted molar refractivity (Wildman–Crippen MR) is 165 cm³/mol. The molecule has 0 aliphatic rings. The first-order chi connectivity index (χ1) is 21.9. The van der Waals surface area contributed by atoms with Crippen molar-refractivity contribution in [1.82, 2.24) is 26.6 Å². The minimum atomic E-state index is -1.43. The molecule has 0 aromatic heterocycles. The molecule has 0 saturated carbocycles. The summed E-state index contributed by atoms with van der Waals surface area (Å²) in [4.78, 5) is 82.7. The van der Waals surface area contributed by atoms with E-state index in [-0.39, 0.29) is 37.5 Å². The molecule has 0 heterocycles. The fourth-order valence-corrected chi connectivity index (χ4v) is 3.97. The third-order valence-corrected chi connectivity index (χ3v) is 6.48. The maximum atomic E-state index is 13.3. The molecule has 47 heavy (non-hydrogen) atoms. The van der Waals surface area contributed by atoms with Crippen LogP contribution in [0.15, 0.2) is 29.3 Å². The number of carboxylic acids is 1. The molecule has 0 fully saturated rings. The Bertz CT molecular complexity index is 1270. The van der Waals surface area contributed by atoms with Crippen LogP contribution in [0.5, 0.6) is 5.75 Å². The first kappa shape index (κ1) is 40.0. The SMILES string of the molecule is C[C@H](NC(=O)[C@H](Cc1ccc(O)cc1)NC(=O)CNC(=O)[C@@H](N)CCCN=C(N)N)C(=O)N[C@@H](CC(C)(C)O[O])C(=O)NCC(=O)O. The molecule has 5 amide bonds. The Hall–Kier alpha value is -5.01. The molecular weight excluding hydrogens is 622 g/mol. The molecule has 4 atom stereocenters. The Kier molecular flexibility index (Phi) is 16.6. The Morgan fingerprint density at radius 2 is 1.51 bits per heavy atom. The summed E-state index contributed by atoms with van der Waals surface area (Å²) in [7, 11) is 0. The maximum Gasteiger partial charge on any atom is 0.322 e. The number of nitrogens with zero attached hydrogens (tertiary/aromatic N) is 1. The second-order valence-corrected chi connectivity index (χ2v) is 11.2. The van der Waals surface area contributed by atoms with Gasteiger partial charge in [0.2, 0.25) is 29.5 Å². The topological polar surface area (TPSA) is 323 Å². The second kappa shape index (κ2) is 19.5. The van der Waals surface area contributed by atoms with Gasteiger partial charge in [-0.15, -0.1) is 0 Å². The lowest BCUT2D eigenvalue weighted by molar-refractivity contribution is -0.366. The highest BCUT2D eigenvalue weighted by atomic mass is 17.1. The number of aromatic hydroxyl groups is 1. The summed E-state index contributed by atoms with van der Waals surface area (Å²) in [5.41, 5.74) is 15.4. The van der Waals surface area contributed by atoms with Crippen molar-refractivity contribution in [3.05, 3.63) is 29.8 Å². The van der Waals surface area contributed by atoms with Crippen LogP contribution in [0.2, 0.25) is 0 Å². The van der Waals surface area contributed by atoms with Gasteiger partial charge in [-0.05, 0) is 56.6 Å². The number of carbonyl (C=O) groups excluding carboxylic acids is 5. The number of hydrogen-bond acceptors (Lipinski definition) is 10. The molecule has 0 aliphatic heterocycles. The van der Waals surface area contributed by atoms with Crippen LogP contribution in [0.3, 0.4) is 0 Å². The number of nitrogens with two attached hydrogens (primary N) is 3. The monoisotopic (exact) mass is 666 g/mol. The van der Waals surface area contributed by atoms with Gasteiger partial charge in [-0.1, -0.05) is 12.1 Å². The van der Waals surface area contributed by atoms with E-state index in [0.717, 1.165) is 0 Å². The highest BCUT2D eigenvalue weighted by Gasteiger charge is 2.33. The van der Waals surface area contributed by atoms with Crippen LogP contribution < -0.4 is 43.8 Å². The molecule has 0 saturated heterocycles. The number of rotatable bonds is 20. The van der Waals surface area contributed by atoms with Gasteiger partial charge in [-0.3, -0.25) is 33.8 Å². The zero-order valence-corrected chi connectivity index (χ0v) is 26.4. The van der Waals surface area contributed by atoms with Crippen LogP contribution in [0, 0.1) is 0 Å². The van der Waals surface area contributed by atoms with E-state index in [1.54, 1.807) is 0 Å². The van der Waals surface area contributed by atoms with Gasteiger partial charge in [0.1, 0.15) is 36.0 Å². The molecule has 1 radical (unpaired) electrons. The highest BCUT2D eigenvalue weighted by molar-refractivity contribution is 5.95. The van der Waals surface area contributed by atoms with Gasteiger partial charge in [-0.25, -0.2) is 0 Å². The van der Waals surface area contributed by atoms with Crippen molar-refractivity contribution in [3.63, 3.8) is 0 Å². The molecule has 13 N–H and O–H groups in total. The van der Waals surface area contributed by atoms with Crippen LogP contribution in [0.1, 0.15) is 45.6 Å². The summed E-state index contributed by atoms with van der Waals surface area (Å²) in [6, 6.07) is 0.869. The van der Waals surface area contributed by atoms with Crippen LogP contribution in [0.25, 0.3) is 0 Å². The summed E-state index contributed by atoms with van der Waals surface area (Å²) >= 11 is 0. The number of aliphatic imine (C=N–C) groups is 1. The minimum Gasteiger partial charge on any atom is -0.508 e. The number of nitrogens with one attached hydrogen (secondary N) is 5. The number of hydrogen-bond donors (Lipinski definition) is 10. The van der Waals surface area contributed by atoms with Crippen molar-refractivity contribution in [2.24, 2.45) is 22.2 Å². The average molecular weight is 667 g/mol. The van der Waals surface area contributed by atoms with E-state index >= 15 is 0 Å². The van der Waals surface area contributed by atoms with Gasteiger partial charge in [-0.2, -0.15) is 4.89 Å². The molecule has 261 valence electrons. The Morgan fingerprint density at radius 3 is 2.09 bits per heavy atom. The first-order valence-corrected chi connectivity index (χ1v) is 14.5. The highest BCUT2D eigenvalue weighted by Crippen LogP contribution is 2.16. The Labute approximate surface area is 271 Å². The Balaban J connectivity index is 2.95. The van der Waals surface area contributed by atoms with Crippen molar-refractivity contribution < 1.29 is 49.1 Å². The van der Waals surface area contributed by atoms with E-state index in [9.17, 15) is 39.1 Å². The molecule has 19 nitrogen and oxygen atoms in total. The zero-order chi connectivity index (χ0) is 35.7. The zero-order valence-electron chi connectivity index (χ0n) is 26.4. The average Bonchev–Trinajstić information content (AvgIpc) is 3.00. The number of carbonyl (C=O) groups is 6. The van der Waals surface area contributed by atoms with E-state index in [1.165, 1.54) is 45.0 Å². The van der Waals surface area contributed by atoms with Crippen LogP contribution >= 0.6 is 0 Å². The smallest absolute Gasteiger partial charge is 0.322 e. The minimum absolute atomic E-state index is 0.0334. The number of carboxylic acid groups (broad SMARTS) is 1. The van der Waals surface area contributed by atoms with Gasteiger partial charge >= 0.3 is 5.97 Å². The lowest BCUT2D eigenvalue weighted by Gasteiger charge is -2.27. The lowest BCUT2D eigenvalue weighted by Crippen LogP contribution is -2.58. The van der Waals surface area contributed by atoms with Gasteiger partial charge < -0.3 is 54.0 Å². The third kappa shape index (κ3) is 16.2. The van der Waals surface area contributed by atoms with Crippen molar-refractivity contribution in [3.8, 4) is 5.75 Å². The summed E-state index contributed by atoms with van der Waals surface area (Å²) in [5, 5.41) is 41.3. The van der Waals surface area contributed by atoms with E-state index < -0.39 is 78.4 Å². The summed E-state index contributed by atoms with van der Waals surface area (Å²) in [6.07, 6.45) is 0.232. The van der Waals surface area contributed by atoms with E-state index in [1.807, 2.05) is 0 Å². The van der Waals surface area contributed by atoms with Crippen LogP contribution in [-0.4, -0.2) is 101 Å². The summed E-state index contributed by atoms with van der Waals surface area (Å²) < 4.78 is 0. The van der Waals surface area contributed by atoms with Gasteiger partial charge in [0, 0.05) is 19.4 Å². The normalized spacial score (nSPS) is 13.6. The van der Waals surface area contributed by atoms with E-state index in [0.29, 0.717) is 12.0 Å². The second-order valence-electron chi connectivity index (χ2n) is 11.2. The maximum absolute atomic E-state index is 13.3. The largest absolute Gasteiger partial charge is 0.508 e. The molecule has 19 heteroatoms. The van der Waals surface area contributed by atoms with E-state index in [2.05, 4.69) is 36.5 Å². The predicted octanol–water partition coefficient (Wildman–Crippen LogP) is -3.36. The molecule has 1 aromatic carbocycles. The van der Waals surface area contributed by atoms with Gasteiger partial charge in [0.05, 0.1) is 12.6 Å². The van der Waals surface area contributed by atoms with Crippen LogP contribution in [0.4, 0.5) is 0 Å². The molecule has 0 spiro atoms. The van der Waals surface area contributed by atoms with Gasteiger partial charge in [0.15, 0.2) is 5.96 Å².